The molecule has 0 aliphatic rings. The Balaban J connectivity index is 1.95. The molecular weight excluding hydrogens is 385 g/mol. The van der Waals surface area contributed by atoms with Crippen molar-refractivity contribution in [1.82, 2.24) is 14.9 Å². The van der Waals surface area contributed by atoms with Crippen LogP contribution in [-0.4, -0.2) is 22.1 Å². The molecule has 144 valence electrons. The molecule has 0 spiro atoms. The molecule has 3 rings (SSSR count). The molecule has 7 heteroatoms. The molecule has 0 saturated carbocycles. The van der Waals surface area contributed by atoms with Crippen molar-refractivity contribution in [2.45, 2.75) is 46.5 Å². The van der Waals surface area contributed by atoms with Crippen LogP contribution in [0, 0.1) is 6.92 Å². The van der Waals surface area contributed by atoms with Crippen LogP contribution in [0.2, 0.25) is 10.0 Å². The summed E-state index contributed by atoms with van der Waals surface area (Å²) in [4.78, 5) is 11.4. The first-order chi connectivity index (χ1) is 13.0. The fourth-order valence-corrected chi connectivity index (χ4v) is 3.71. The number of hydrogen-bond acceptors (Lipinski definition) is 3. The first-order valence-electron chi connectivity index (χ1n) is 9.18. The van der Waals surface area contributed by atoms with E-state index in [2.05, 4.69) is 12.2 Å². The Morgan fingerprint density at radius 3 is 2.74 bits per heavy atom. The lowest BCUT2D eigenvalue weighted by atomic mass is 10.1. The summed E-state index contributed by atoms with van der Waals surface area (Å²) in [6, 6.07) is 5.41. The van der Waals surface area contributed by atoms with Gasteiger partial charge >= 0.3 is 0 Å². The molecule has 2 heterocycles. The van der Waals surface area contributed by atoms with Crippen LogP contribution in [0.4, 0.5) is 0 Å². The molecule has 0 atom stereocenters. The fourth-order valence-electron chi connectivity index (χ4n) is 3.22. The number of halogens is 2. The van der Waals surface area contributed by atoms with Gasteiger partial charge in [-0.15, -0.1) is 0 Å². The van der Waals surface area contributed by atoms with Gasteiger partial charge in [0.25, 0.3) is 0 Å². The van der Waals surface area contributed by atoms with E-state index in [0.29, 0.717) is 23.0 Å². The molecule has 5 nitrogen and oxygen atoms in total. The number of aromatic nitrogens is 2. The number of aryl methyl sites for hydroxylation is 3. The van der Waals surface area contributed by atoms with E-state index in [4.69, 9.17) is 32.7 Å². The summed E-state index contributed by atoms with van der Waals surface area (Å²) in [5, 5.41) is 8.82. The highest BCUT2D eigenvalue weighted by atomic mass is 35.5. The minimum absolute atomic E-state index is 0.0689. The summed E-state index contributed by atoms with van der Waals surface area (Å²) in [7, 11) is 0. The zero-order valence-electron chi connectivity index (χ0n) is 15.7. The second kappa shape index (κ2) is 8.36. The Morgan fingerprint density at radius 1 is 1.30 bits per heavy atom. The van der Waals surface area contributed by atoms with Crippen LogP contribution in [0.25, 0.3) is 17.0 Å². The molecule has 0 aliphatic heterocycles. The second-order valence-corrected chi connectivity index (χ2v) is 7.28. The third-order valence-corrected chi connectivity index (χ3v) is 5.13. The van der Waals surface area contributed by atoms with Gasteiger partial charge in [0.1, 0.15) is 11.5 Å². The summed E-state index contributed by atoms with van der Waals surface area (Å²) < 4.78 is 7.91. The molecule has 0 fully saturated rings. The SMILES string of the molecule is CCC(=O)NCCCc1c(CC)nn2c(-c3ccc(Cl)cc3Cl)c(C)oc12. The van der Waals surface area contributed by atoms with Gasteiger partial charge in [0.05, 0.1) is 10.7 Å². The van der Waals surface area contributed by atoms with Gasteiger partial charge in [0.15, 0.2) is 0 Å². The lowest BCUT2D eigenvalue weighted by molar-refractivity contribution is -0.120. The summed E-state index contributed by atoms with van der Waals surface area (Å²) in [6.07, 6.45) is 2.93. The van der Waals surface area contributed by atoms with E-state index < -0.39 is 0 Å². The lowest BCUT2D eigenvalue weighted by Gasteiger charge is -2.04. The second-order valence-electron chi connectivity index (χ2n) is 6.43. The number of rotatable bonds is 7. The van der Waals surface area contributed by atoms with Gasteiger partial charge in [0.2, 0.25) is 11.6 Å². The highest BCUT2D eigenvalue weighted by Crippen LogP contribution is 2.35. The van der Waals surface area contributed by atoms with Gasteiger partial charge in [0, 0.05) is 29.1 Å². The minimum Gasteiger partial charge on any atom is -0.441 e. The predicted molar refractivity (Wildman–Crippen MR) is 109 cm³/mol. The molecule has 3 aromatic rings. The van der Waals surface area contributed by atoms with E-state index in [-0.39, 0.29) is 5.91 Å². The van der Waals surface area contributed by atoms with Crippen molar-refractivity contribution in [2.24, 2.45) is 0 Å². The number of benzene rings is 1. The van der Waals surface area contributed by atoms with E-state index in [9.17, 15) is 4.79 Å². The van der Waals surface area contributed by atoms with Crippen LogP contribution in [0.15, 0.2) is 22.6 Å². The molecule has 0 radical (unpaired) electrons. The highest BCUT2D eigenvalue weighted by molar-refractivity contribution is 6.36. The maximum Gasteiger partial charge on any atom is 0.225 e. The Kier molecular flexibility index (Phi) is 6.12. The minimum atomic E-state index is 0.0689. The van der Waals surface area contributed by atoms with Crippen molar-refractivity contribution >= 4 is 34.8 Å². The van der Waals surface area contributed by atoms with Crippen molar-refractivity contribution in [1.29, 1.82) is 0 Å². The number of nitrogens with one attached hydrogen (secondary N) is 1. The van der Waals surface area contributed by atoms with Gasteiger partial charge in [-0.1, -0.05) is 37.0 Å². The average molecular weight is 408 g/mol. The van der Waals surface area contributed by atoms with Crippen LogP contribution in [0.1, 0.15) is 43.7 Å². The van der Waals surface area contributed by atoms with Crippen LogP contribution in [0.5, 0.6) is 0 Å². The highest BCUT2D eigenvalue weighted by Gasteiger charge is 2.22. The van der Waals surface area contributed by atoms with E-state index >= 15 is 0 Å². The van der Waals surface area contributed by atoms with E-state index in [0.717, 1.165) is 53.3 Å². The quantitative estimate of drug-likeness (QED) is 0.545. The van der Waals surface area contributed by atoms with Crippen LogP contribution in [-0.2, 0) is 17.6 Å². The Morgan fingerprint density at radius 2 is 2.07 bits per heavy atom. The fraction of sp³-hybridized carbons (Fsp3) is 0.400. The molecule has 0 saturated heterocycles. The first-order valence-corrected chi connectivity index (χ1v) is 9.93. The van der Waals surface area contributed by atoms with Crippen molar-refractivity contribution in [3.8, 4) is 11.3 Å². The molecular formula is C20H23Cl2N3O2. The van der Waals surface area contributed by atoms with E-state index in [1.807, 2.05) is 30.5 Å². The van der Waals surface area contributed by atoms with Gasteiger partial charge in [-0.05, 0) is 44.4 Å². The van der Waals surface area contributed by atoms with Crippen LogP contribution >= 0.6 is 23.2 Å². The van der Waals surface area contributed by atoms with Crippen LogP contribution in [0.3, 0.4) is 0 Å². The third kappa shape index (κ3) is 3.99. The lowest BCUT2D eigenvalue weighted by Crippen LogP contribution is -2.23. The molecule has 27 heavy (non-hydrogen) atoms. The Hall–Kier alpha value is -1.98. The predicted octanol–water partition coefficient (Wildman–Crippen LogP) is 5.23. The smallest absolute Gasteiger partial charge is 0.225 e. The molecule has 1 N–H and O–H groups in total. The monoisotopic (exact) mass is 407 g/mol. The molecule has 2 aromatic heterocycles. The van der Waals surface area contributed by atoms with Crippen molar-refractivity contribution in [3.63, 3.8) is 0 Å². The Bertz CT molecular complexity index is 975. The topological polar surface area (TPSA) is 59.5 Å². The van der Waals surface area contributed by atoms with Crippen molar-refractivity contribution in [2.75, 3.05) is 6.54 Å². The largest absolute Gasteiger partial charge is 0.441 e. The molecule has 0 aliphatic carbocycles. The van der Waals surface area contributed by atoms with Crippen LogP contribution < -0.4 is 5.32 Å². The summed E-state index contributed by atoms with van der Waals surface area (Å²) in [6.45, 7) is 6.47. The van der Waals surface area contributed by atoms with E-state index in [1.54, 1.807) is 6.07 Å². The van der Waals surface area contributed by atoms with Crippen molar-refractivity contribution in [3.05, 3.63) is 45.3 Å². The molecule has 1 amide bonds. The molecule has 1 aromatic carbocycles. The third-order valence-electron chi connectivity index (χ3n) is 4.58. The average Bonchev–Trinajstić information content (AvgIpc) is 3.13. The van der Waals surface area contributed by atoms with Gasteiger partial charge in [-0.3, -0.25) is 4.79 Å². The number of hydrogen-bond donors (Lipinski definition) is 1. The van der Waals surface area contributed by atoms with Crippen molar-refractivity contribution < 1.29 is 9.21 Å². The number of nitrogens with zero attached hydrogens (tertiary/aromatic N) is 2. The maximum atomic E-state index is 11.4. The van der Waals surface area contributed by atoms with Gasteiger partial charge in [-0.25, -0.2) is 0 Å². The normalized spacial score (nSPS) is 11.3. The van der Waals surface area contributed by atoms with Gasteiger partial charge < -0.3 is 9.73 Å². The molecule has 0 unspecified atom stereocenters. The van der Waals surface area contributed by atoms with E-state index in [1.165, 1.54) is 0 Å². The number of amides is 1. The summed E-state index contributed by atoms with van der Waals surface area (Å²) >= 11 is 12.4. The standard InChI is InChI=1S/C20H23Cl2N3O2/c1-4-17-15(7-6-10-23-18(26)5-2)20-25(24-17)19(12(3)27-20)14-9-8-13(21)11-16(14)22/h8-9,11H,4-7,10H2,1-3H3,(H,23,26). The summed E-state index contributed by atoms with van der Waals surface area (Å²) in [5.74, 6) is 0.823. The number of oxazole rings is 1. The zero-order chi connectivity index (χ0) is 19.6. The zero-order valence-corrected chi connectivity index (χ0v) is 17.2. The van der Waals surface area contributed by atoms with Gasteiger partial charge in [-0.2, -0.15) is 9.61 Å². The number of fused-ring (bicyclic) bond motifs is 1. The Labute approximate surface area is 168 Å². The molecule has 0 bridgehead atoms. The maximum absolute atomic E-state index is 11.4. The first kappa shape index (κ1) is 19.8. The number of carbonyl (C=O) groups is 1. The number of carbonyl (C=O) groups excluding carboxylic acids is 1. The summed E-state index contributed by atoms with van der Waals surface area (Å²) in [5.41, 5.74) is 4.51.